The second-order valence-corrected chi connectivity index (χ2v) is 8.27. The van der Waals surface area contributed by atoms with E-state index in [1.54, 1.807) is 29.9 Å². The van der Waals surface area contributed by atoms with Crippen LogP contribution < -0.4 is 5.56 Å². The van der Waals surface area contributed by atoms with Gasteiger partial charge in [-0.15, -0.1) is 11.3 Å². The van der Waals surface area contributed by atoms with Crippen LogP contribution in [0, 0.1) is 0 Å². The molecule has 0 atom stereocenters. The van der Waals surface area contributed by atoms with Gasteiger partial charge in [0.2, 0.25) is 0 Å². The number of nitrogens with one attached hydrogen (secondary N) is 1. The molecule has 10 heteroatoms. The van der Waals surface area contributed by atoms with Crippen molar-refractivity contribution in [3.05, 3.63) is 57.9 Å². The van der Waals surface area contributed by atoms with Crippen molar-refractivity contribution in [1.82, 2.24) is 34.5 Å². The van der Waals surface area contributed by atoms with Crippen LogP contribution in [0.1, 0.15) is 10.7 Å². The Hall–Kier alpha value is -3.66. The minimum Gasteiger partial charge on any atom is -0.323 e. The number of aromatic amines is 1. The van der Waals surface area contributed by atoms with E-state index in [1.807, 2.05) is 29.8 Å². The lowest BCUT2D eigenvalue weighted by molar-refractivity contribution is 0.636. The molecule has 0 fully saturated rings. The van der Waals surface area contributed by atoms with E-state index in [4.69, 9.17) is 4.98 Å². The molecule has 0 amide bonds. The van der Waals surface area contributed by atoms with Crippen molar-refractivity contribution in [1.29, 1.82) is 0 Å². The van der Waals surface area contributed by atoms with Crippen LogP contribution in [0.25, 0.3) is 32.2 Å². The van der Waals surface area contributed by atoms with Crippen molar-refractivity contribution >= 4 is 49.2 Å². The number of nitrogens with zero attached hydrogens (tertiary/aromatic N) is 7. The first kappa shape index (κ1) is 17.2. The molecule has 30 heavy (non-hydrogen) atoms. The van der Waals surface area contributed by atoms with Gasteiger partial charge in [-0.2, -0.15) is 10.2 Å². The molecule has 6 rings (SSSR count). The Balaban J connectivity index is 1.44. The zero-order valence-electron chi connectivity index (χ0n) is 16.0. The molecule has 9 nitrogen and oxygen atoms in total. The van der Waals surface area contributed by atoms with Crippen LogP contribution in [0.15, 0.2) is 46.6 Å². The Morgan fingerprint density at radius 2 is 2.20 bits per heavy atom. The summed E-state index contributed by atoms with van der Waals surface area (Å²) in [5, 5.41) is 14.1. The molecule has 1 N–H and O–H groups in total. The van der Waals surface area contributed by atoms with E-state index in [2.05, 4.69) is 25.3 Å². The summed E-state index contributed by atoms with van der Waals surface area (Å²) < 4.78 is 4.29. The molecule has 0 bridgehead atoms. The van der Waals surface area contributed by atoms with Crippen LogP contribution in [0.3, 0.4) is 0 Å². The van der Waals surface area contributed by atoms with Crippen molar-refractivity contribution < 1.29 is 0 Å². The molecule has 0 saturated heterocycles. The third-order valence-corrected chi connectivity index (χ3v) is 6.44. The summed E-state index contributed by atoms with van der Waals surface area (Å²) in [6, 6.07) is 1.85. The van der Waals surface area contributed by atoms with E-state index in [9.17, 15) is 4.79 Å². The fourth-order valence-electron chi connectivity index (χ4n) is 3.89. The number of aryl methyl sites for hydroxylation is 1. The minimum atomic E-state index is -0.160. The maximum Gasteiger partial charge on any atom is 0.291 e. The summed E-state index contributed by atoms with van der Waals surface area (Å²) >= 11 is 1.60. The molecule has 5 aromatic heterocycles. The Labute approximate surface area is 173 Å². The topological polar surface area (TPSA) is 107 Å². The van der Waals surface area contributed by atoms with Gasteiger partial charge in [0.1, 0.15) is 10.5 Å². The molecule has 1 aliphatic heterocycles. The van der Waals surface area contributed by atoms with Crippen LogP contribution >= 0.6 is 11.3 Å². The fourth-order valence-corrected chi connectivity index (χ4v) is 5.02. The number of pyridine rings is 1. The van der Waals surface area contributed by atoms with Gasteiger partial charge in [0.15, 0.2) is 5.65 Å². The molecule has 0 unspecified atom stereocenters. The molecular formula is C20H16N8OS. The Kier molecular flexibility index (Phi) is 3.69. The van der Waals surface area contributed by atoms with Crippen LogP contribution in [0.2, 0.25) is 0 Å². The average molecular weight is 416 g/mol. The highest BCUT2D eigenvalue weighted by molar-refractivity contribution is 7.19. The largest absolute Gasteiger partial charge is 0.323 e. The number of fused-ring (bicyclic) bond motifs is 4. The molecule has 148 valence electrons. The maximum absolute atomic E-state index is 13.2. The lowest BCUT2D eigenvalue weighted by Crippen LogP contribution is -2.25. The Bertz CT molecular complexity index is 1560. The Morgan fingerprint density at radius 3 is 3.07 bits per heavy atom. The number of hydrogen-bond acceptors (Lipinski definition) is 7. The van der Waals surface area contributed by atoms with E-state index in [1.165, 1.54) is 4.68 Å². The second kappa shape index (κ2) is 6.42. The van der Waals surface area contributed by atoms with Gasteiger partial charge >= 0.3 is 0 Å². The first-order valence-electron chi connectivity index (χ1n) is 9.50. The van der Waals surface area contributed by atoms with Gasteiger partial charge < -0.3 is 4.57 Å². The van der Waals surface area contributed by atoms with Crippen LogP contribution in [-0.2, 0) is 20.0 Å². The third-order valence-electron chi connectivity index (χ3n) is 5.36. The molecular weight excluding hydrogens is 400 g/mol. The van der Waals surface area contributed by atoms with E-state index >= 15 is 0 Å². The Morgan fingerprint density at radius 1 is 1.27 bits per heavy atom. The number of rotatable bonds is 4. The lowest BCUT2D eigenvalue weighted by atomic mass is 10.2. The number of allylic oxidation sites excluding steroid dienone is 1. The van der Waals surface area contributed by atoms with Crippen molar-refractivity contribution in [3.63, 3.8) is 0 Å². The monoisotopic (exact) mass is 416 g/mol. The predicted molar refractivity (Wildman–Crippen MR) is 116 cm³/mol. The highest BCUT2D eigenvalue weighted by Crippen LogP contribution is 2.31. The highest BCUT2D eigenvalue weighted by Gasteiger charge is 2.19. The predicted octanol–water partition coefficient (Wildman–Crippen LogP) is 2.22. The van der Waals surface area contributed by atoms with Crippen LogP contribution in [0.4, 0.5) is 0 Å². The summed E-state index contributed by atoms with van der Waals surface area (Å²) in [4.78, 5) is 26.9. The number of thiazole rings is 1. The van der Waals surface area contributed by atoms with Gasteiger partial charge in [0, 0.05) is 36.1 Å². The number of aliphatic imine (C=N–C) groups is 1. The van der Waals surface area contributed by atoms with Crippen molar-refractivity contribution in [3.8, 4) is 0 Å². The normalized spacial score (nSPS) is 13.8. The zero-order chi connectivity index (χ0) is 20.2. The molecule has 0 saturated carbocycles. The molecule has 0 radical (unpaired) electrons. The molecule has 6 heterocycles. The van der Waals surface area contributed by atoms with E-state index < -0.39 is 0 Å². The summed E-state index contributed by atoms with van der Waals surface area (Å²) in [6.07, 6.45) is 9.97. The van der Waals surface area contributed by atoms with Gasteiger partial charge in [-0.1, -0.05) is 6.08 Å². The van der Waals surface area contributed by atoms with Crippen molar-refractivity contribution in [2.75, 3.05) is 6.54 Å². The summed E-state index contributed by atoms with van der Waals surface area (Å²) in [5.41, 5.74) is 3.91. The number of aromatic nitrogens is 7. The zero-order valence-corrected chi connectivity index (χ0v) is 16.8. The smallest absolute Gasteiger partial charge is 0.291 e. The summed E-state index contributed by atoms with van der Waals surface area (Å²) in [7, 11) is 1.88. The van der Waals surface area contributed by atoms with E-state index in [0.29, 0.717) is 11.9 Å². The highest BCUT2D eigenvalue weighted by atomic mass is 32.1. The quantitative estimate of drug-likeness (QED) is 0.483. The number of hydrogen-bond donors (Lipinski definition) is 1. The first-order chi connectivity index (χ1) is 14.7. The van der Waals surface area contributed by atoms with Gasteiger partial charge in [-0.3, -0.25) is 19.9 Å². The molecule has 0 aromatic carbocycles. The van der Waals surface area contributed by atoms with Gasteiger partial charge in [0.05, 0.1) is 41.4 Å². The van der Waals surface area contributed by atoms with E-state index in [-0.39, 0.29) is 12.1 Å². The average Bonchev–Trinajstić information content (AvgIpc) is 3.52. The summed E-state index contributed by atoms with van der Waals surface area (Å²) in [5.74, 6) is 0. The van der Waals surface area contributed by atoms with Crippen LogP contribution in [0.5, 0.6) is 0 Å². The van der Waals surface area contributed by atoms with Gasteiger partial charge in [-0.25, -0.2) is 9.67 Å². The molecule has 0 aliphatic carbocycles. The van der Waals surface area contributed by atoms with Gasteiger partial charge in [0.25, 0.3) is 5.56 Å². The lowest BCUT2D eigenvalue weighted by Gasteiger charge is -2.06. The SMILES string of the molecule is Cn1c2nc(CC3=NCC=C3)sc2c2cnn(Cc3nccc4[nH]ncc34)c(=O)c21. The van der Waals surface area contributed by atoms with Crippen molar-refractivity contribution in [2.24, 2.45) is 12.0 Å². The standard InChI is InChI=1S/C20H16N8OS/c1-27-17-13(18-19(27)25-16(30-18)7-11-3-2-5-21-11)9-24-28(20(17)29)10-15-12-8-23-26-14(12)4-6-22-15/h2-4,6,8-9H,5,7,10H2,1H3,(H,23,26). The molecule has 0 spiro atoms. The number of H-pyrrole nitrogens is 1. The van der Waals surface area contributed by atoms with Crippen molar-refractivity contribution in [2.45, 2.75) is 13.0 Å². The molecule has 5 aromatic rings. The summed E-state index contributed by atoms with van der Waals surface area (Å²) in [6.45, 7) is 1.02. The fraction of sp³-hybridized carbons (Fsp3) is 0.200. The van der Waals surface area contributed by atoms with E-state index in [0.717, 1.165) is 49.6 Å². The third kappa shape index (κ3) is 2.53. The molecule has 1 aliphatic rings. The second-order valence-electron chi connectivity index (χ2n) is 7.19. The maximum atomic E-state index is 13.2. The van der Waals surface area contributed by atoms with Gasteiger partial charge in [-0.05, 0) is 12.1 Å². The van der Waals surface area contributed by atoms with Crippen LogP contribution in [-0.4, -0.2) is 46.8 Å². The minimum absolute atomic E-state index is 0.160. The first-order valence-corrected chi connectivity index (χ1v) is 10.3.